The largest absolute Gasteiger partial charge is 0.391 e. The number of aromatic nitrogens is 1. The zero-order valence-corrected chi connectivity index (χ0v) is 15.0. The van der Waals surface area contributed by atoms with Gasteiger partial charge in [0, 0.05) is 30.5 Å². The molecule has 0 fully saturated rings. The summed E-state index contributed by atoms with van der Waals surface area (Å²) in [5.41, 5.74) is 2.08. The third-order valence-electron chi connectivity index (χ3n) is 4.01. The Morgan fingerprint density at radius 1 is 1.29 bits per heavy atom. The minimum absolute atomic E-state index is 0.178. The topological polar surface area (TPSA) is 74.2 Å². The molecule has 0 aliphatic carbocycles. The SMILES string of the molecule is CCC(C)C(O)CNC(=O)NCCc1csc(-c2ccccc2)n1. The van der Waals surface area contributed by atoms with E-state index in [2.05, 4.69) is 15.6 Å². The van der Waals surface area contributed by atoms with E-state index in [0.29, 0.717) is 13.0 Å². The minimum Gasteiger partial charge on any atom is -0.391 e. The molecule has 2 rings (SSSR count). The lowest BCUT2D eigenvalue weighted by Gasteiger charge is -2.17. The molecule has 24 heavy (non-hydrogen) atoms. The van der Waals surface area contributed by atoms with Gasteiger partial charge < -0.3 is 15.7 Å². The first-order valence-corrected chi connectivity index (χ1v) is 9.17. The maximum Gasteiger partial charge on any atom is 0.314 e. The van der Waals surface area contributed by atoms with Crippen molar-refractivity contribution in [2.45, 2.75) is 32.8 Å². The number of nitrogens with one attached hydrogen (secondary N) is 2. The van der Waals surface area contributed by atoms with E-state index in [-0.39, 0.29) is 18.5 Å². The van der Waals surface area contributed by atoms with Crippen molar-refractivity contribution in [1.29, 1.82) is 0 Å². The minimum atomic E-state index is -0.507. The van der Waals surface area contributed by atoms with Crippen molar-refractivity contribution in [3.63, 3.8) is 0 Å². The van der Waals surface area contributed by atoms with E-state index in [1.807, 2.05) is 49.6 Å². The highest BCUT2D eigenvalue weighted by Gasteiger charge is 2.13. The van der Waals surface area contributed by atoms with Crippen LogP contribution in [-0.2, 0) is 6.42 Å². The molecule has 1 aromatic carbocycles. The molecule has 2 unspecified atom stereocenters. The quantitative estimate of drug-likeness (QED) is 0.687. The number of thiazole rings is 1. The zero-order valence-electron chi connectivity index (χ0n) is 14.2. The smallest absolute Gasteiger partial charge is 0.314 e. The molecule has 0 aliphatic rings. The second-order valence-corrected chi connectivity index (χ2v) is 6.71. The van der Waals surface area contributed by atoms with Gasteiger partial charge in [-0.1, -0.05) is 50.6 Å². The molecule has 0 spiro atoms. The van der Waals surface area contributed by atoms with Crippen molar-refractivity contribution in [2.75, 3.05) is 13.1 Å². The van der Waals surface area contributed by atoms with Gasteiger partial charge >= 0.3 is 6.03 Å². The normalized spacial score (nSPS) is 13.3. The summed E-state index contributed by atoms with van der Waals surface area (Å²) in [6, 6.07) is 9.80. The predicted octanol–water partition coefficient (Wildman–Crippen LogP) is 3.06. The maximum absolute atomic E-state index is 11.7. The predicted molar refractivity (Wildman–Crippen MR) is 98.1 cm³/mol. The molecule has 5 nitrogen and oxygen atoms in total. The second-order valence-electron chi connectivity index (χ2n) is 5.85. The van der Waals surface area contributed by atoms with Crippen molar-refractivity contribution in [2.24, 2.45) is 5.92 Å². The molecule has 0 aliphatic heterocycles. The highest BCUT2D eigenvalue weighted by atomic mass is 32.1. The monoisotopic (exact) mass is 347 g/mol. The van der Waals surface area contributed by atoms with Crippen molar-refractivity contribution < 1.29 is 9.90 Å². The van der Waals surface area contributed by atoms with Crippen LogP contribution in [0.4, 0.5) is 4.79 Å². The summed E-state index contributed by atoms with van der Waals surface area (Å²) >= 11 is 1.61. The summed E-state index contributed by atoms with van der Waals surface area (Å²) in [6.07, 6.45) is 1.07. The average molecular weight is 347 g/mol. The second kappa shape index (κ2) is 9.39. The molecule has 0 bridgehead atoms. The van der Waals surface area contributed by atoms with Crippen LogP contribution in [0, 0.1) is 5.92 Å². The summed E-state index contributed by atoms with van der Waals surface area (Å²) < 4.78 is 0. The Bertz CT molecular complexity index is 630. The van der Waals surface area contributed by atoms with Crippen molar-refractivity contribution in [3.8, 4) is 10.6 Å². The molecule has 2 aromatic rings. The molecular weight excluding hydrogens is 322 g/mol. The van der Waals surface area contributed by atoms with Crippen LogP contribution in [0.25, 0.3) is 10.6 Å². The van der Waals surface area contributed by atoms with Gasteiger partial charge in [0.2, 0.25) is 0 Å². The number of carbonyl (C=O) groups is 1. The van der Waals surface area contributed by atoms with Crippen molar-refractivity contribution >= 4 is 17.4 Å². The van der Waals surface area contributed by atoms with E-state index >= 15 is 0 Å². The molecule has 6 heteroatoms. The Morgan fingerprint density at radius 3 is 2.75 bits per heavy atom. The third-order valence-corrected chi connectivity index (χ3v) is 4.95. The molecular formula is C18H25N3O2S. The molecule has 2 amide bonds. The number of nitrogens with zero attached hydrogens (tertiary/aromatic N) is 1. The van der Waals surface area contributed by atoms with Crippen LogP contribution in [0.1, 0.15) is 26.0 Å². The van der Waals surface area contributed by atoms with Crippen LogP contribution in [-0.4, -0.2) is 35.3 Å². The number of benzene rings is 1. The van der Waals surface area contributed by atoms with Gasteiger partial charge in [0.1, 0.15) is 5.01 Å². The Morgan fingerprint density at radius 2 is 2.04 bits per heavy atom. The number of hydrogen-bond donors (Lipinski definition) is 3. The Labute approximate surface area is 147 Å². The summed E-state index contributed by atoms with van der Waals surface area (Å²) in [6.45, 7) is 4.78. The summed E-state index contributed by atoms with van der Waals surface area (Å²) in [5.74, 6) is 0.178. The fraction of sp³-hybridized carbons (Fsp3) is 0.444. The number of carbonyl (C=O) groups excluding carboxylic acids is 1. The molecule has 0 saturated carbocycles. The summed E-state index contributed by atoms with van der Waals surface area (Å²) in [5, 5.41) is 18.3. The average Bonchev–Trinajstić information content (AvgIpc) is 3.08. The first kappa shape index (κ1) is 18.4. The highest BCUT2D eigenvalue weighted by molar-refractivity contribution is 7.13. The first-order valence-electron chi connectivity index (χ1n) is 8.29. The molecule has 130 valence electrons. The van der Waals surface area contributed by atoms with Gasteiger partial charge in [0.15, 0.2) is 0 Å². The van der Waals surface area contributed by atoms with E-state index in [0.717, 1.165) is 22.7 Å². The molecule has 2 atom stereocenters. The Hall–Kier alpha value is -1.92. The van der Waals surface area contributed by atoms with Gasteiger partial charge in [-0.15, -0.1) is 11.3 Å². The van der Waals surface area contributed by atoms with Gasteiger partial charge in [-0.25, -0.2) is 9.78 Å². The molecule has 3 N–H and O–H groups in total. The highest BCUT2D eigenvalue weighted by Crippen LogP contribution is 2.23. The first-order chi connectivity index (χ1) is 11.6. The zero-order chi connectivity index (χ0) is 17.4. The van der Waals surface area contributed by atoms with Crippen LogP contribution >= 0.6 is 11.3 Å². The lowest BCUT2D eigenvalue weighted by atomic mass is 10.0. The number of aliphatic hydroxyl groups excluding tert-OH is 1. The van der Waals surface area contributed by atoms with E-state index in [4.69, 9.17) is 0 Å². The molecule has 0 saturated heterocycles. The maximum atomic E-state index is 11.7. The van der Waals surface area contributed by atoms with Crippen molar-refractivity contribution in [1.82, 2.24) is 15.6 Å². The molecule has 1 aromatic heterocycles. The van der Waals surface area contributed by atoms with E-state index in [9.17, 15) is 9.90 Å². The van der Waals surface area contributed by atoms with Gasteiger partial charge in [-0.2, -0.15) is 0 Å². The Kier molecular flexibility index (Phi) is 7.21. The summed E-state index contributed by atoms with van der Waals surface area (Å²) in [4.78, 5) is 16.3. The number of aliphatic hydroxyl groups is 1. The van der Waals surface area contributed by atoms with Crippen LogP contribution in [0.2, 0.25) is 0 Å². The van der Waals surface area contributed by atoms with Gasteiger partial charge in [-0.3, -0.25) is 0 Å². The van der Waals surface area contributed by atoms with Gasteiger partial charge in [-0.05, 0) is 5.92 Å². The standard InChI is InChI=1S/C18H25N3O2S/c1-3-13(2)16(22)11-20-18(23)19-10-9-15-12-24-17(21-15)14-7-5-4-6-8-14/h4-8,12-13,16,22H,3,9-11H2,1-2H3,(H2,19,20,23). The van der Waals surface area contributed by atoms with Gasteiger partial charge in [0.05, 0.1) is 11.8 Å². The van der Waals surface area contributed by atoms with Crippen LogP contribution in [0.5, 0.6) is 0 Å². The number of amides is 2. The number of rotatable bonds is 8. The fourth-order valence-corrected chi connectivity index (χ4v) is 3.03. The van der Waals surface area contributed by atoms with E-state index < -0.39 is 6.10 Å². The Balaban J connectivity index is 1.71. The van der Waals surface area contributed by atoms with Gasteiger partial charge in [0.25, 0.3) is 0 Å². The lowest BCUT2D eigenvalue weighted by Crippen LogP contribution is -2.42. The lowest BCUT2D eigenvalue weighted by molar-refractivity contribution is 0.114. The molecule has 0 radical (unpaired) electrons. The third kappa shape index (κ3) is 5.62. The summed E-state index contributed by atoms with van der Waals surface area (Å²) in [7, 11) is 0. The van der Waals surface area contributed by atoms with Crippen LogP contribution in [0.15, 0.2) is 35.7 Å². The molecule has 1 heterocycles. The number of urea groups is 1. The van der Waals surface area contributed by atoms with Crippen LogP contribution < -0.4 is 10.6 Å². The van der Waals surface area contributed by atoms with E-state index in [1.54, 1.807) is 11.3 Å². The van der Waals surface area contributed by atoms with Crippen molar-refractivity contribution in [3.05, 3.63) is 41.4 Å². The van der Waals surface area contributed by atoms with Crippen LogP contribution in [0.3, 0.4) is 0 Å². The van der Waals surface area contributed by atoms with E-state index in [1.165, 1.54) is 0 Å². The fourth-order valence-electron chi connectivity index (χ4n) is 2.17. The number of hydrogen-bond acceptors (Lipinski definition) is 4.